The molecular weight excluding hydrogens is 250 g/mol. The molecule has 1 saturated carbocycles. The fourth-order valence-electron chi connectivity index (χ4n) is 2.72. The monoisotopic (exact) mass is 269 g/mol. The van der Waals surface area contributed by atoms with Gasteiger partial charge in [-0.1, -0.05) is 12.1 Å². The summed E-state index contributed by atoms with van der Waals surface area (Å²) in [7, 11) is 0. The molecule has 0 aromatic heterocycles. The van der Waals surface area contributed by atoms with E-state index in [2.05, 4.69) is 24.3 Å². The number of hydrogen-bond acceptors (Lipinski definition) is 2. The molecule has 18 heavy (non-hydrogen) atoms. The molecule has 3 rings (SSSR count). The summed E-state index contributed by atoms with van der Waals surface area (Å²) < 4.78 is 5.36. The van der Waals surface area contributed by atoms with Gasteiger partial charge in [-0.15, -0.1) is 0 Å². The molecule has 0 atom stereocenters. The second-order valence-corrected chi connectivity index (χ2v) is 5.18. The molecule has 0 bridgehead atoms. The molecule has 3 nitrogen and oxygen atoms in total. The van der Waals surface area contributed by atoms with Crippen molar-refractivity contribution in [3.63, 3.8) is 0 Å². The van der Waals surface area contributed by atoms with Crippen LogP contribution >= 0.6 is 0 Å². The number of hydrogen-bond donors (Lipinski definition) is 2. The van der Waals surface area contributed by atoms with Gasteiger partial charge in [0.2, 0.25) is 0 Å². The molecule has 0 radical (unpaired) electrons. The van der Waals surface area contributed by atoms with E-state index in [0.29, 0.717) is 0 Å². The molecule has 0 amide bonds. The van der Waals surface area contributed by atoms with Crippen molar-refractivity contribution in [3.8, 4) is 0 Å². The molecule has 0 spiro atoms. The summed E-state index contributed by atoms with van der Waals surface area (Å²) >= 11 is 0. The highest BCUT2D eigenvalue weighted by molar-refractivity contribution is 5.36. The number of morpholine rings is 1. The fraction of sp³-hybridized carbons (Fsp3) is 0.571. The maximum absolute atomic E-state index is 10.3. The third-order valence-corrected chi connectivity index (χ3v) is 4.11. The zero-order valence-electron chi connectivity index (χ0n) is 10.5. The Morgan fingerprint density at radius 1 is 1.06 bits per heavy atom. The van der Waals surface area contributed by atoms with E-state index in [1.807, 2.05) is 0 Å². The average Bonchev–Trinajstić information content (AvgIpc) is 2.37. The molecule has 1 aromatic carbocycles. The van der Waals surface area contributed by atoms with Crippen molar-refractivity contribution in [3.05, 3.63) is 29.8 Å². The van der Waals surface area contributed by atoms with E-state index in [9.17, 15) is 5.11 Å². The number of rotatable bonds is 2. The second-order valence-electron chi connectivity index (χ2n) is 5.18. The molecular formula is C14H20ClNO2. The van der Waals surface area contributed by atoms with Gasteiger partial charge >= 0.3 is 0 Å². The Labute approximate surface area is 114 Å². The van der Waals surface area contributed by atoms with Gasteiger partial charge < -0.3 is 22.3 Å². The van der Waals surface area contributed by atoms with Gasteiger partial charge in [0.1, 0.15) is 18.8 Å². The summed E-state index contributed by atoms with van der Waals surface area (Å²) in [5.74, 6) is 0. The Kier molecular flexibility index (Phi) is 4.28. The lowest BCUT2D eigenvalue weighted by Crippen LogP contribution is -3.09. The van der Waals surface area contributed by atoms with Crippen molar-refractivity contribution in [1.82, 2.24) is 0 Å². The normalized spacial score (nSPS) is 22.9. The highest BCUT2D eigenvalue weighted by atomic mass is 35.5. The van der Waals surface area contributed by atoms with E-state index in [1.165, 1.54) is 10.6 Å². The molecule has 1 heterocycles. The molecule has 100 valence electrons. The summed E-state index contributed by atoms with van der Waals surface area (Å²) in [6.45, 7) is 3.79. The lowest BCUT2D eigenvalue weighted by molar-refractivity contribution is -0.842. The van der Waals surface area contributed by atoms with Crippen LogP contribution < -0.4 is 17.3 Å². The Bertz CT molecular complexity index is 383. The van der Waals surface area contributed by atoms with E-state index in [-0.39, 0.29) is 12.4 Å². The van der Waals surface area contributed by atoms with Crippen LogP contribution in [0.1, 0.15) is 24.8 Å². The van der Waals surface area contributed by atoms with Crippen LogP contribution in [0.4, 0.5) is 5.69 Å². The first-order chi connectivity index (χ1) is 8.28. The van der Waals surface area contributed by atoms with Crippen LogP contribution in [-0.2, 0) is 10.3 Å². The molecule has 0 unspecified atom stereocenters. The zero-order chi connectivity index (χ0) is 11.7. The van der Waals surface area contributed by atoms with Crippen molar-refractivity contribution < 1.29 is 27.2 Å². The highest BCUT2D eigenvalue weighted by Gasteiger charge is 2.36. The number of aliphatic hydroxyl groups is 1. The van der Waals surface area contributed by atoms with Crippen molar-refractivity contribution in [2.45, 2.75) is 24.9 Å². The minimum Gasteiger partial charge on any atom is -1.00 e. The van der Waals surface area contributed by atoms with Gasteiger partial charge in [0.15, 0.2) is 0 Å². The Hall–Kier alpha value is -0.610. The van der Waals surface area contributed by atoms with Crippen LogP contribution in [0.3, 0.4) is 0 Å². The zero-order valence-corrected chi connectivity index (χ0v) is 11.2. The van der Waals surface area contributed by atoms with E-state index in [1.54, 1.807) is 0 Å². The molecule has 1 aliphatic carbocycles. The van der Waals surface area contributed by atoms with Gasteiger partial charge in [0.05, 0.1) is 18.8 Å². The van der Waals surface area contributed by atoms with Gasteiger partial charge in [-0.05, 0) is 37.0 Å². The van der Waals surface area contributed by atoms with E-state index in [0.717, 1.165) is 51.1 Å². The smallest absolute Gasteiger partial charge is 0.131 e. The van der Waals surface area contributed by atoms with Crippen LogP contribution in [0.25, 0.3) is 0 Å². The SMILES string of the molecule is OC1(c2ccc([NH+]3CCOCC3)cc2)CCC1.[Cl-]. The van der Waals surface area contributed by atoms with E-state index < -0.39 is 5.60 Å². The van der Waals surface area contributed by atoms with Gasteiger partial charge in [0.25, 0.3) is 0 Å². The summed E-state index contributed by atoms with van der Waals surface area (Å²) in [5.41, 5.74) is 1.87. The first-order valence-electron chi connectivity index (χ1n) is 6.54. The maximum Gasteiger partial charge on any atom is 0.131 e. The van der Waals surface area contributed by atoms with Crippen molar-refractivity contribution in [2.24, 2.45) is 0 Å². The molecule has 4 heteroatoms. The summed E-state index contributed by atoms with van der Waals surface area (Å²) in [4.78, 5) is 1.49. The number of nitrogens with one attached hydrogen (secondary N) is 1. The van der Waals surface area contributed by atoms with Gasteiger partial charge in [-0.3, -0.25) is 4.90 Å². The minimum absolute atomic E-state index is 0. The first kappa shape index (κ1) is 13.8. The maximum atomic E-state index is 10.3. The lowest BCUT2D eigenvalue weighted by atomic mass is 9.75. The molecule has 1 aromatic rings. The summed E-state index contributed by atoms with van der Waals surface area (Å²) in [6, 6.07) is 8.51. The lowest BCUT2D eigenvalue weighted by Gasteiger charge is -2.37. The predicted molar refractivity (Wildman–Crippen MR) is 65.4 cm³/mol. The molecule has 2 aliphatic rings. The third kappa shape index (κ3) is 2.54. The predicted octanol–water partition coefficient (Wildman–Crippen LogP) is -2.39. The van der Waals surface area contributed by atoms with Crippen LogP contribution in [0.15, 0.2) is 24.3 Å². The third-order valence-electron chi connectivity index (χ3n) is 4.11. The Morgan fingerprint density at radius 3 is 2.17 bits per heavy atom. The van der Waals surface area contributed by atoms with Crippen molar-refractivity contribution >= 4 is 5.69 Å². The van der Waals surface area contributed by atoms with Gasteiger partial charge in [-0.2, -0.15) is 0 Å². The number of halogens is 1. The Morgan fingerprint density at radius 2 is 1.67 bits per heavy atom. The highest BCUT2D eigenvalue weighted by Crippen LogP contribution is 2.40. The molecule has 2 fully saturated rings. The molecule has 1 saturated heterocycles. The van der Waals surface area contributed by atoms with Gasteiger partial charge in [0, 0.05) is 0 Å². The number of quaternary nitrogens is 1. The van der Waals surface area contributed by atoms with Crippen molar-refractivity contribution in [1.29, 1.82) is 0 Å². The summed E-state index contributed by atoms with van der Waals surface area (Å²) in [5, 5.41) is 10.3. The first-order valence-corrected chi connectivity index (χ1v) is 6.54. The average molecular weight is 270 g/mol. The number of ether oxygens (including phenoxy) is 1. The van der Waals surface area contributed by atoms with Crippen LogP contribution in [0, 0.1) is 0 Å². The van der Waals surface area contributed by atoms with E-state index in [4.69, 9.17) is 4.74 Å². The topological polar surface area (TPSA) is 33.9 Å². The number of benzene rings is 1. The standard InChI is InChI=1S/C14H19NO2.ClH/c16-14(6-1-7-14)12-2-4-13(5-3-12)15-8-10-17-11-9-15;/h2-5,16H,1,6-11H2;1H. The van der Waals surface area contributed by atoms with E-state index >= 15 is 0 Å². The molecule has 2 N–H and O–H groups in total. The van der Waals surface area contributed by atoms with Crippen molar-refractivity contribution in [2.75, 3.05) is 26.3 Å². The fourth-order valence-corrected chi connectivity index (χ4v) is 2.72. The van der Waals surface area contributed by atoms with Crippen LogP contribution in [0.5, 0.6) is 0 Å². The largest absolute Gasteiger partial charge is 1.00 e. The second kappa shape index (κ2) is 5.57. The Balaban J connectivity index is 0.00000120. The minimum atomic E-state index is -0.529. The quantitative estimate of drug-likeness (QED) is 0.628. The van der Waals surface area contributed by atoms with Crippen LogP contribution in [0.2, 0.25) is 0 Å². The van der Waals surface area contributed by atoms with Crippen LogP contribution in [-0.4, -0.2) is 31.4 Å². The summed E-state index contributed by atoms with van der Waals surface area (Å²) in [6.07, 6.45) is 2.97. The molecule has 1 aliphatic heterocycles. The van der Waals surface area contributed by atoms with Gasteiger partial charge in [-0.25, -0.2) is 0 Å².